The minimum Gasteiger partial charge on any atom is -0.496 e. The van der Waals surface area contributed by atoms with Crippen molar-refractivity contribution in [3.05, 3.63) is 52.0 Å². The smallest absolute Gasteiger partial charge is 0.134 e. The van der Waals surface area contributed by atoms with Crippen molar-refractivity contribution in [1.82, 2.24) is 5.32 Å². The zero-order chi connectivity index (χ0) is 12.3. The zero-order valence-corrected chi connectivity index (χ0v) is 10.6. The molecule has 0 aliphatic rings. The number of methoxy groups -OCH3 is 1. The van der Waals surface area contributed by atoms with Gasteiger partial charge in [0.2, 0.25) is 0 Å². The van der Waals surface area contributed by atoms with Gasteiger partial charge in [-0.3, -0.25) is 0 Å². The topological polar surface area (TPSA) is 21.3 Å². The maximum atomic E-state index is 13.2. The predicted octanol–water partition coefficient (Wildman–Crippen LogP) is 3.20. The van der Waals surface area contributed by atoms with Gasteiger partial charge in [-0.05, 0) is 36.2 Å². The normalized spacial score (nSPS) is 12.4. The zero-order valence-electron chi connectivity index (χ0n) is 9.74. The molecule has 0 aliphatic carbocycles. The molecular formula is C13H14FNOS. The lowest BCUT2D eigenvalue weighted by Gasteiger charge is -2.16. The first kappa shape index (κ1) is 12.1. The van der Waals surface area contributed by atoms with Crippen molar-refractivity contribution in [3.63, 3.8) is 0 Å². The second-order valence-electron chi connectivity index (χ2n) is 3.63. The van der Waals surface area contributed by atoms with Gasteiger partial charge in [-0.15, -0.1) is 11.3 Å². The first-order valence-electron chi connectivity index (χ1n) is 5.30. The van der Waals surface area contributed by atoms with Gasteiger partial charge >= 0.3 is 0 Å². The second-order valence-corrected chi connectivity index (χ2v) is 4.58. The Morgan fingerprint density at radius 3 is 2.82 bits per heavy atom. The van der Waals surface area contributed by atoms with Crippen LogP contribution in [-0.2, 0) is 0 Å². The number of hydrogen-bond acceptors (Lipinski definition) is 3. The van der Waals surface area contributed by atoms with Gasteiger partial charge in [0.15, 0.2) is 0 Å². The summed E-state index contributed by atoms with van der Waals surface area (Å²) >= 11 is 1.60. The Hall–Kier alpha value is -1.39. The van der Waals surface area contributed by atoms with Gasteiger partial charge in [0, 0.05) is 0 Å². The average molecular weight is 251 g/mol. The van der Waals surface area contributed by atoms with Crippen molar-refractivity contribution >= 4 is 11.3 Å². The Morgan fingerprint density at radius 1 is 1.35 bits per heavy atom. The van der Waals surface area contributed by atoms with Crippen LogP contribution in [0.5, 0.6) is 5.75 Å². The molecule has 0 bridgehead atoms. The van der Waals surface area contributed by atoms with Crippen LogP contribution < -0.4 is 10.1 Å². The molecule has 0 radical (unpaired) electrons. The SMILES string of the molecule is CNC(c1cccc(F)c1)c1sccc1OC. The Bertz CT molecular complexity index is 498. The highest BCUT2D eigenvalue weighted by Gasteiger charge is 2.18. The first-order valence-corrected chi connectivity index (χ1v) is 6.18. The van der Waals surface area contributed by atoms with Crippen molar-refractivity contribution in [3.8, 4) is 5.75 Å². The molecule has 1 unspecified atom stereocenters. The molecule has 0 aliphatic heterocycles. The van der Waals surface area contributed by atoms with Gasteiger partial charge in [-0.1, -0.05) is 12.1 Å². The van der Waals surface area contributed by atoms with Crippen molar-refractivity contribution in [2.24, 2.45) is 0 Å². The Morgan fingerprint density at radius 2 is 2.18 bits per heavy atom. The molecule has 2 aromatic rings. The van der Waals surface area contributed by atoms with Crippen LogP contribution in [0, 0.1) is 5.82 Å². The number of thiophene rings is 1. The summed E-state index contributed by atoms with van der Waals surface area (Å²) < 4.78 is 18.5. The Balaban J connectivity index is 2.40. The molecule has 0 saturated carbocycles. The number of hydrogen-bond donors (Lipinski definition) is 1. The molecule has 1 atom stereocenters. The summed E-state index contributed by atoms with van der Waals surface area (Å²) in [4.78, 5) is 1.06. The molecule has 2 nitrogen and oxygen atoms in total. The highest BCUT2D eigenvalue weighted by Crippen LogP contribution is 2.34. The summed E-state index contributed by atoms with van der Waals surface area (Å²) in [5, 5.41) is 5.16. The summed E-state index contributed by atoms with van der Waals surface area (Å²) in [6, 6.07) is 8.49. The molecular weight excluding hydrogens is 237 g/mol. The van der Waals surface area contributed by atoms with Crippen molar-refractivity contribution in [2.75, 3.05) is 14.2 Å². The van der Waals surface area contributed by atoms with Crippen LogP contribution in [0.15, 0.2) is 35.7 Å². The van der Waals surface area contributed by atoms with Gasteiger partial charge in [0.1, 0.15) is 11.6 Å². The second kappa shape index (κ2) is 5.29. The van der Waals surface area contributed by atoms with Crippen LogP contribution in [0.3, 0.4) is 0 Å². The summed E-state index contributed by atoms with van der Waals surface area (Å²) in [7, 11) is 3.50. The fourth-order valence-electron chi connectivity index (χ4n) is 1.82. The molecule has 0 saturated heterocycles. The lowest BCUT2D eigenvalue weighted by Crippen LogP contribution is -2.17. The molecule has 90 valence electrons. The van der Waals surface area contributed by atoms with Gasteiger partial charge in [-0.25, -0.2) is 4.39 Å². The highest BCUT2D eigenvalue weighted by atomic mass is 32.1. The van der Waals surface area contributed by atoms with E-state index in [0.717, 1.165) is 16.2 Å². The van der Waals surface area contributed by atoms with E-state index in [1.807, 2.05) is 24.6 Å². The molecule has 1 N–H and O–H groups in total. The van der Waals surface area contributed by atoms with Crippen molar-refractivity contribution < 1.29 is 9.13 Å². The van der Waals surface area contributed by atoms with Crippen LogP contribution in [0.25, 0.3) is 0 Å². The van der Waals surface area contributed by atoms with E-state index in [1.54, 1.807) is 30.6 Å². The number of benzene rings is 1. The van der Waals surface area contributed by atoms with Gasteiger partial charge in [0.25, 0.3) is 0 Å². The van der Waals surface area contributed by atoms with E-state index >= 15 is 0 Å². The summed E-state index contributed by atoms with van der Waals surface area (Å²) in [6.07, 6.45) is 0. The van der Waals surface area contributed by atoms with E-state index in [9.17, 15) is 4.39 Å². The highest BCUT2D eigenvalue weighted by molar-refractivity contribution is 7.10. The van der Waals surface area contributed by atoms with E-state index in [-0.39, 0.29) is 11.9 Å². The quantitative estimate of drug-likeness (QED) is 0.901. The standard InChI is InChI=1S/C13H14FNOS/c1-15-12(9-4-3-5-10(14)8-9)13-11(16-2)6-7-17-13/h3-8,12,15H,1-2H3. The number of halogens is 1. The molecule has 0 amide bonds. The van der Waals surface area contributed by atoms with Gasteiger partial charge in [-0.2, -0.15) is 0 Å². The van der Waals surface area contributed by atoms with Gasteiger partial charge < -0.3 is 10.1 Å². The first-order chi connectivity index (χ1) is 8.26. The van der Waals surface area contributed by atoms with Crippen LogP contribution in [0.1, 0.15) is 16.5 Å². The fraction of sp³-hybridized carbons (Fsp3) is 0.231. The molecule has 4 heteroatoms. The number of nitrogens with one attached hydrogen (secondary N) is 1. The summed E-state index contributed by atoms with van der Waals surface area (Å²) in [6.45, 7) is 0. The van der Waals surface area contributed by atoms with Gasteiger partial charge in [0.05, 0.1) is 18.0 Å². The lowest BCUT2D eigenvalue weighted by atomic mass is 10.1. The third-order valence-corrected chi connectivity index (χ3v) is 3.57. The maximum absolute atomic E-state index is 13.2. The van der Waals surface area contributed by atoms with E-state index in [1.165, 1.54) is 6.07 Å². The van der Waals surface area contributed by atoms with E-state index in [4.69, 9.17) is 4.74 Å². The molecule has 0 spiro atoms. The molecule has 17 heavy (non-hydrogen) atoms. The summed E-state index contributed by atoms with van der Waals surface area (Å²) in [5.41, 5.74) is 0.897. The molecule has 2 rings (SSSR count). The molecule has 1 aromatic heterocycles. The fourth-order valence-corrected chi connectivity index (χ4v) is 2.82. The Labute approximate surface area is 104 Å². The molecule has 1 aromatic carbocycles. The Kier molecular flexibility index (Phi) is 3.76. The average Bonchev–Trinajstić information content (AvgIpc) is 2.78. The van der Waals surface area contributed by atoms with E-state index in [2.05, 4.69) is 5.32 Å². The maximum Gasteiger partial charge on any atom is 0.134 e. The number of ether oxygens (including phenoxy) is 1. The minimum atomic E-state index is -0.224. The van der Waals surface area contributed by atoms with E-state index < -0.39 is 0 Å². The van der Waals surface area contributed by atoms with Crippen molar-refractivity contribution in [1.29, 1.82) is 0 Å². The lowest BCUT2D eigenvalue weighted by molar-refractivity contribution is 0.408. The van der Waals surface area contributed by atoms with Crippen LogP contribution in [0.4, 0.5) is 4.39 Å². The minimum absolute atomic E-state index is 0.0411. The van der Waals surface area contributed by atoms with Crippen LogP contribution >= 0.6 is 11.3 Å². The van der Waals surface area contributed by atoms with Crippen molar-refractivity contribution in [2.45, 2.75) is 6.04 Å². The van der Waals surface area contributed by atoms with Crippen LogP contribution in [-0.4, -0.2) is 14.2 Å². The predicted molar refractivity (Wildman–Crippen MR) is 68.2 cm³/mol. The summed E-state index contributed by atoms with van der Waals surface area (Å²) in [5.74, 6) is 0.608. The molecule has 1 heterocycles. The van der Waals surface area contributed by atoms with Crippen LogP contribution in [0.2, 0.25) is 0 Å². The monoisotopic (exact) mass is 251 g/mol. The third-order valence-electron chi connectivity index (χ3n) is 2.61. The van der Waals surface area contributed by atoms with E-state index in [0.29, 0.717) is 0 Å². The number of rotatable bonds is 4. The largest absolute Gasteiger partial charge is 0.496 e. The molecule has 0 fully saturated rings. The third kappa shape index (κ3) is 2.48.